The summed E-state index contributed by atoms with van der Waals surface area (Å²) in [4.78, 5) is 26.3. The van der Waals surface area contributed by atoms with E-state index < -0.39 is 28.9 Å². The van der Waals surface area contributed by atoms with Crippen molar-refractivity contribution in [3.63, 3.8) is 0 Å². The minimum absolute atomic E-state index is 0.127. The fourth-order valence-electron chi connectivity index (χ4n) is 3.39. The number of likely N-dealkylation sites (tertiary alicyclic amines) is 1. The Balaban J connectivity index is 1.62. The van der Waals surface area contributed by atoms with Gasteiger partial charge in [0.15, 0.2) is 17.5 Å². The SMILES string of the molecule is Cc1ccc(NC(=O)C2CCN(C(=O)c3ccc(F)c(F)c3F)CC2)c(C)c1. The van der Waals surface area contributed by atoms with Crippen LogP contribution in [0.15, 0.2) is 30.3 Å². The molecule has 7 heteroatoms. The lowest BCUT2D eigenvalue weighted by Crippen LogP contribution is -2.41. The van der Waals surface area contributed by atoms with Crippen molar-refractivity contribution < 1.29 is 22.8 Å². The van der Waals surface area contributed by atoms with Crippen molar-refractivity contribution in [1.29, 1.82) is 0 Å². The lowest BCUT2D eigenvalue weighted by molar-refractivity contribution is -0.121. The van der Waals surface area contributed by atoms with Crippen molar-refractivity contribution in [3.05, 3.63) is 64.5 Å². The van der Waals surface area contributed by atoms with E-state index >= 15 is 0 Å². The molecule has 4 nitrogen and oxygen atoms in total. The highest BCUT2D eigenvalue weighted by atomic mass is 19.2. The molecule has 0 aromatic heterocycles. The molecule has 1 saturated heterocycles. The average molecular weight is 390 g/mol. The third-order valence-corrected chi connectivity index (χ3v) is 5.06. The molecule has 2 aromatic rings. The third-order valence-electron chi connectivity index (χ3n) is 5.06. The first-order chi connectivity index (χ1) is 13.3. The number of hydrogen-bond donors (Lipinski definition) is 1. The maximum atomic E-state index is 13.9. The van der Waals surface area contributed by atoms with E-state index in [9.17, 15) is 22.8 Å². The number of piperidine rings is 1. The molecular weight excluding hydrogens is 369 g/mol. The van der Waals surface area contributed by atoms with Crippen LogP contribution < -0.4 is 5.32 Å². The molecule has 1 aliphatic heterocycles. The van der Waals surface area contributed by atoms with Gasteiger partial charge in [0.2, 0.25) is 5.91 Å². The summed E-state index contributed by atoms with van der Waals surface area (Å²) < 4.78 is 40.3. The number of aryl methyl sites for hydroxylation is 2. The van der Waals surface area contributed by atoms with Gasteiger partial charge >= 0.3 is 0 Å². The van der Waals surface area contributed by atoms with Gasteiger partial charge in [0.25, 0.3) is 5.91 Å². The lowest BCUT2D eigenvalue weighted by Gasteiger charge is -2.31. The van der Waals surface area contributed by atoms with Gasteiger partial charge in [-0.1, -0.05) is 17.7 Å². The Kier molecular flexibility index (Phi) is 5.72. The monoisotopic (exact) mass is 390 g/mol. The normalized spacial score (nSPS) is 14.8. The van der Waals surface area contributed by atoms with E-state index in [0.29, 0.717) is 12.8 Å². The molecule has 0 aliphatic carbocycles. The summed E-state index contributed by atoms with van der Waals surface area (Å²) in [5, 5.41) is 2.91. The molecule has 1 heterocycles. The molecule has 1 aliphatic rings. The number of amides is 2. The van der Waals surface area contributed by atoms with Crippen LogP contribution in [-0.4, -0.2) is 29.8 Å². The maximum absolute atomic E-state index is 13.9. The average Bonchev–Trinajstić information content (AvgIpc) is 2.68. The molecule has 0 saturated carbocycles. The van der Waals surface area contributed by atoms with E-state index in [2.05, 4.69) is 5.32 Å². The van der Waals surface area contributed by atoms with Crippen LogP contribution in [0.2, 0.25) is 0 Å². The van der Waals surface area contributed by atoms with Crippen LogP contribution in [0.25, 0.3) is 0 Å². The van der Waals surface area contributed by atoms with Crippen LogP contribution in [0, 0.1) is 37.2 Å². The van der Waals surface area contributed by atoms with E-state index in [1.54, 1.807) is 0 Å². The molecule has 2 amide bonds. The Morgan fingerprint density at radius 3 is 2.32 bits per heavy atom. The summed E-state index contributed by atoms with van der Waals surface area (Å²) in [6.45, 7) is 4.37. The number of nitrogens with one attached hydrogen (secondary N) is 1. The Morgan fingerprint density at radius 2 is 1.68 bits per heavy atom. The van der Waals surface area contributed by atoms with Crippen molar-refractivity contribution in [2.45, 2.75) is 26.7 Å². The van der Waals surface area contributed by atoms with Crippen molar-refractivity contribution in [3.8, 4) is 0 Å². The number of halogens is 3. The zero-order valence-electron chi connectivity index (χ0n) is 15.7. The molecule has 0 atom stereocenters. The van der Waals surface area contributed by atoms with Crippen LogP contribution in [0.5, 0.6) is 0 Å². The fraction of sp³-hybridized carbons (Fsp3) is 0.333. The molecule has 3 rings (SSSR count). The molecule has 0 spiro atoms. The minimum atomic E-state index is -1.66. The van der Waals surface area contributed by atoms with Gasteiger partial charge in [-0.05, 0) is 50.5 Å². The molecule has 0 bridgehead atoms. The number of hydrogen-bond acceptors (Lipinski definition) is 2. The van der Waals surface area contributed by atoms with Gasteiger partial charge in [-0.3, -0.25) is 9.59 Å². The smallest absolute Gasteiger partial charge is 0.256 e. The standard InChI is InChI=1S/C21H21F3N2O2/c1-12-3-6-17(13(2)11-12)25-20(27)14-7-9-26(10-8-14)21(28)15-4-5-16(22)19(24)18(15)23/h3-6,11,14H,7-10H2,1-2H3,(H,25,27). The molecule has 0 unspecified atom stereocenters. The van der Waals surface area contributed by atoms with E-state index in [-0.39, 0.29) is 24.9 Å². The number of benzene rings is 2. The summed E-state index contributed by atoms with van der Waals surface area (Å²) in [7, 11) is 0. The van der Waals surface area contributed by atoms with Crippen molar-refractivity contribution in [2.24, 2.45) is 5.92 Å². The maximum Gasteiger partial charge on any atom is 0.256 e. The number of anilines is 1. The van der Waals surface area contributed by atoms with E-state index in [1.807, 2.05) is 32.0 Å². The topological polar surface area (TPSA) is 49.4 Å². The Labute approximate surface area is 161 Å². The Morgan fingerprint density at radius 1 is 1.00 bits per heavy atom. The zero-order valence-corrected chi connectivity index (χ0v) is 15.7. The minimum Gasteiger partial charge on any atom is -0.339 e. The number of nitrogens with zero attached hydrogens (tertiary/aromatic N) is 1. The van der Waals surface area contributed by atoms with Crippen LogP contribution in [0.3, 0.4) is 0 Å². The fourth-order valence-corrected chi connectivity index (χ4v) is 3.39. The highest BCUT2D eigenvalue weighted by Crippen LogP contribution is 2.24. The van der Waals surface area contributed by atoms with Crippen LogP contribution in [-0.2, 0) is 4.79 Å². The first-order valence-corrected chi connectivity index (χ1v) is 9.09. The lowest BCUT2D eigenvalue weighted by atomic mass is 9.95. The molecule has 148 valence electrons. The highest BCUT2D eigenvalue weighted by Gasteiger charge is 2.30. The van der Waals surface area contributed by atoms with E-state index in [0.717, 1.165) is 28.9 Å². The van der Waals surface area contributed by atoms with Gasteiger partial charge in [0, 0.05) is 24.7 Å². The van der Waals surface area contributed by atoms with Crippen LogP contribution in [0.1, 0.15) is 34.3 Å². The number of carbonyl (C=O) groups is 2. The van der Waals surface area contributed by atoms with Crippen molar-refractivity contribution >= 4 is 17.5 Å². The quantitative estimate of drug-likeness (QED) is 0.798. The first kappa shape index (κ1) is 19.9. The molecular formula is C21H21F3N2O2. The largest absolute Gasteiger partial charge is 0.339 e. The molecule has 1 fully saturated rings. The number of carbonyl (C=O) groups excluding carboxylic acids is 2. The summed E-state index contributed by atoms with van der Waals surface area (Å²) in [5.74, 6) is -5.59. The molecule has 1 N–H and O–H groups in total. The van der Waals surface area contributed by atoms with Gasteiger partial charge in [-0.15, -0.1) is 0 Å². The van der Waals surface area contributed by atoms with Gasteiger partial charge in [0.05, 0.1) is 5.56 Å². The Hall–Kier alpha value is -2.83. The van der Waals surface area contributed by atoms with Gasteiger partial charge in [0.1, 0.15) is 0 Å². The van der Waals surface area contributed by atoms with Gasteiger partial charge < -0.3 is 10.2 Å². The van der Waals surface area contributed by atoms with Crippen LogP contribution >= 0.6 is 0 Å². The second-order valence-corrected chi connectivity index (χ2v) is 7.10. The van der Waals surface area contributed by atoms with E-state index in [4.69, 9.17) is 0 Å². The highest BCUT2D eigenvalue weighted by molar-refractivity contribution is 5.95. The summed E-state index contributed by atoms with van der Waals surface area (Å²) in [6, 6.07) is 7.42. The van der Waals surface area contributed by atoms with E-state index in [1.165, 1.54) is 4.90 Å². The molecule has 0 radical (unpaired) electrons. The third kappa shape index (κ3) is 4.03. The van der Waals surface area contributed by atoms with Crippen molar-refractivity contribution in [1.82, 2.24) is 4.90 Å². The number of rotatable bonds is 3. The second kappa shape index (κ2) is 8.04. The van der Waals surface area contributed by atoms with Gasteiger partial charge in [-0.2, -0.15) is 0 Å². The molecule has 2 aromatic carbocycles. The second-order valence-electron chi connectivity index (χ2n) is 7.10. The Bertz CT molecular complexity index is 922. The predicted molar refractivity (Wildman–Crippen MR) is 99.5 cm³/mol. The summed E-state index contributed by atoms with van der Waals surface area (Å²) in [6.07, 6.45) is 0.821. The van der Waals surface area contributed by atoms with Crippen LogP contribution in [0.4, 0.5) is 18.9 Å². The molecule has 28 heavy (non-hydrogen) atoms. The van der Waals surface area contributed by atoms with Gasteiger partial charge in [-0.25, -0.2) is 13.2 Å². The predicted octanol–water partition coefficient (Wildman–Crippen LogP) is 4.21. The van der Waals surface area contributed by atoms with Crippen molar-refractivity contribution in [2.75, 3.05) is 18.4 Å². The summed E-state index contributed by atoms with van der Waals surface area (Å²) in [5.41, 5.74) is 2.32. The summed E-state index contributed by atoms with van der Waals surface area (Å²) >= 11 is 0. The zero-order chi connectivity index (χ0) is 20.4. The first-order valence-electron chi connectivity index (χ1n) is 9.09.